The summed E-state index contributed by atoms with van der Waals surface area (Å²) in [5.74, 6) is -0.814. The molecule has 3 aromatic rings. The average molecular weight is 444 g/mol. The van der Waals surface area contributed by atoms with Crippen molar-refractivity contribution in [3.8, 4) is 0 Å². The van der Waals surface area contributed by atoms with E-state index in [0.717, 1.165) is 16.7 Å². The quantitative estimate of drug-likeness (QED) is 0.496. The van der Waals surface area contributed by atoms with E-state index in [1.54, 1.807) is 12.1 Å². The van der Waals surface area contributed by atoms with Crippen LogP contribution in [0.25, 0.3) is 0 Å². The van der Waals surface area contributed by atoms with Crippen LogP contribution in [0.15, 0.2) is 83.8 Å². The monoisotopic (exact) mass is 443 g/mol. The number of carboxylic acid groups (broad SMARTS) is 1. The number of halogens is 1. The van der Waals surface area contributed by atoms with E-state index in [-0.39, 0.29) is 11.3 Å². The van der Waals surface area contributed by atoms with Gasteiger partial charge in [0.25, 0.3) is 0 Å². The molecular weight excluding hydrogens is 422 g/mol. The molecule has 0 bridgehead atoms. The molecular formula is C23H22ClNO4S. The molecule has 3 aromatic carbocycles. The third-order valence-electron chi connectivity index (χ3n) is 4.68. The van der Waals surface area contributed by atoms with Crippen LogP contribution in [0.1, 0.15) is 35.6 Å². The van der Waals surface area contributed by atoms with Crippen molar-refractivity contribution in [2.75, 3.05) is 0 Å². The standard InChI is InChI=1S/C23H22ClNO4S/c24-20-9-5-10-21(16-20)30(28,29)25-23(18-7-2-1-3-8-18)19-14-12-17(13-15-19)6-4-11-22(26)27/h1-3,5,7-10,12-16,23,25H,4,6,11H2,(H,26,27). The smallest absolute Gasteiger partial charge is 0.303 e. The van der Waals surface area contributed by atoms with Crippen molar-refractivity contribution in [1.29, 1.82) is 0 Å². The molecule has 0 aliphatic heterocycles. The van der Waals surface area contributed by atoms with Crippen LogP contribution in [0.3, 0.4) is 0 Å². The lowest BCUT2D eigenvalue weighted by Gasteiger charge is -2.20. The largest absolute Gasteiger partial charge is 0.481 e. The highest BCUT2D eigenvalue weighted by molar-refractivity contribution is 7.89. The van der Waals surface area contributed by atoms with E-state index < -0.39 is 22.0 Å². The van der Waals surface area contributed by atoms with Crippen LogP contribution in [0, 0.1) is 0 Å². The van der Waals surface area contributed by atoms with Gasteiger partial charge in [0.15, 0.2) is 0 Å². The minimum Gasteiger partial charge on any atom is -0.481 e. The van der Waals surface area contributed by atoms with Crippen molar-refractivity contribution < 1.29 is 18.3 Å². The van der Waals surface area contributed by atoms with Gasteiger partial charge in [0.05, 0.1) is 10.9 Å². The molecule has 0 aliphatic carbocycles. The third kappa shape index (κ3) is 5.92. The number of carboxylic acids is 1. The predicted octanol–water partition coefficient (Wildman–Crippen LogP) is 4.82. The number of rotatable bonds is 9. The van der Waals surface area contributed by atoms with E-state index in [1.165, 1.54) is 12.1 Å². The van der Waals surface area contributed by atoms with Crippen LogP contribution < -0.4 is 4.72 Å². The number of hydrogen-bond acceptors (Lipinski definition) is 3. The Hall–Kier alpha value is -2.67. The molecule has 0 saturated heterocycles. The van der Waals surface area contributed by atoms with Crippen LogP contribution in [0.5, 0.6) is 0 Å². The fourth-order valence-electron chi connectivity index (χ4n) is 3.15. The summed E-state index contributed by atoms with van der Waals surface area (Å²) in [5, 5.41) is 9.13. The van der Waals surface area contributed by atoms with Gasteiger partial charge in [-0.05, 0) is 47.7 Å². The zero-order valence-electron chi connectivity index (χ0n) is 16.2. The maximum absolute atomic E-state index is 13.0. The van der Waals surface area contributed by atoms with Crippen LogP contribution >= 0.6 is 11.6 Å². The molecule has 2 N–H and O–H groups in total. The van der Waals surface area contributed by atoms with Gasteiger partial charge in [-0.15, -0.1) is 0 Å². The van der Waals surface area contributed by atoms with Gasteiger partial charge >= 0.3 is 5.97 Å². The van der Waals surface area contributed by atoms with Gasteiger partial charge in [-0.2, -0.15) is 4.72 Å². The first-order valence-corrected chi connectivity index (χ1v) is 11.3. The highest BCUT2D eigenvalue weighted by Crippen LogP contribution is 2.26. The van der Waals surface area contributed by atoms with Crippen LogP contribution in [0.4, 0.5) is 0 Å². The van der Waals surface area contributed by atoms with Crippen LogP contribution in [-0.2, 0) is 21.2 Å². The molecule has 0 fully saturated rings. The fourth-order valence-corrected chi connectivity index (χ4v) is 4.67. The van der Waals surface area contributed by atoms with Crippen molar-refractivity contribution in [3.63, 3.8) is 0 Å². The number of sulfonamides is 1. The Labute approximate surface area is 181 Å². The summed E-state index contributed by atoms with van der Waals surface area (Å²) in [6, 6.07) is 22.4. The molecule has 1 atom stereocenters. The van der Waals surface area contributed by atoms with Gasteiger partial charge in [0.1, 0.15) is 0 Å². The molecule has 3 rings (SSSR count). The Balaban J connectivity index is 1.88. The van der Waals surface area contributed by atoms with Crippen LogP contribution in [0.2, 0.25) is 5.02 Å². The molecule has 0 aliphatic rings. The normalized spacial score (nSPS) is 12.4. The van der Waals surface area contributed by atoms with Gasteiger partial charge in [0.2, 0.25) is 10.0 Å². The summed E-state index contributed by atoms with van der Waals surface area (Å²) in [6.45, 7) is 0. The van der Waals surface area contributed by atoms with E-state index >= 15 is 0 Å². The Kier molecular flexibility index (Phi) is 7.26. The summed E-state index contributed by atoms with van der Waals surface area (Å²) in [6.07, 6.45) is 1.32. The summed E-state index contributed by atoms with van der Waals surface area (Å²) >= 11 is 5.97. The molecule has 30 heavy (non-hydrogen) atoms. The average Bonchev–Trinajstić information content (AvgIpc) is 2.73. The number of aliphatic carboxylic acids is 1. The lowest BCUT2D eigenvalue weighted by molar-refractivity contribution is -0.137. The minimum atomic E-state index is -3.81. The van der Waals surface area contributed by atoms with Crippen molar-refractivity contribution in [2.45, 2.75) is 30.2 Å². The number of carbonyl (C=O) groups is 1. The molecule has 1 unspecified atom stereocenters. The molecule has 0 spiro atoms. The minimum absolute atomic E-state index is 0.0984. The van der Waals surface area contributed by atoms with E-state index in [0.29, 0.717) is 17.9 Å². The predicted molar refractivity (Wildman–Crippen MR) is 117 cm³/mol. The summed E-state index contributed by atoms with van der Waals surface area (Å²) in [7, 11) is -3.81. The number of hydrogen-bond donors (Lipinski definition) is 2. The van der Waals surface area contributed by atoms with Crippen molar-refractivity contribution in [1.82, 2.24) is 4.72 Å². The summed E-state index contributed by atoms with van der Waals surface area (Å²) < 4.78 is 28.8. The Morgan fingerprint density at radius 1 is 0.933 bits per heavy atom. The Bertz CT molecular complexity index is 1100. The van der Waals surface area contributed by atoms with E-state index in [4.69, 9.17) is 16.7 Å². The number of aryl methyl sites for hydroxylation is 1. The van der Waals surface area contributed by atoms with Gasteiger partial charge in [-0.3, -0.25) is 4.79 Å². The zero-order chi connectivity index (χ0) is 21.6. The van der Waals surface area contributed by atoms with Gasteiger partial charge in [0, 0.05) is 11.4 Å². The molecule has 0 aromatic heterocycles. The summed E-state index contributed by atoms with van der Waals surface area (Å²) in [5.41, 5.74) is 2.60. The van der Waals surface area contributed by atoms with Gasteiger partial charge in [-0.25, -0.2) is 8.42 Å². The van der Waals surface area contributed by atoms with Gasteiger partial charge in [-0.1, -0.05) is 72.3 Å². The highest BCUT2D eigenvalue weighted by atomic mass is 35.5. The van der Waals surface area contributed by atoms with Crippen molar-refractivity contribution in [3.05, 3.63) is 101 Å². The highest BCUT2D eigenvalue weighted by Gasteiger charge is 2.23. The zero-order valence-corrected chi connectivity index (χ0v) is 17.7. The lowest BCUT2D eigenvalue weighted by atomic mass is 9.97. The first-order chi connectivity index (χ1) is 14.3. The molecule has 156 valence electrons. The van der Waals surface area contributed by atoms with Crippen molar-refractivity contribution >= 4 is 27.6 Å². The molecule has 0 amide bonds. The first kappa shape index (κ1) is 22.0. The lowest BCUT2D eigenvalue weighted by Crippen LogP contribution is -2.29. The Morgan fingerprint density at radius 3 is 2.23 bits per heavy atom. The topological polar surface area (TPSA) is 83.5 Å². The fraction of sp³-hybridized carbons (Fsp3) is 0.174. The Morgan fingerprint density at radius 2 is 1.60 bits per heavy atom. The maximum Gasteiger partial charge on any atom is 0.303 e. The molecule has 5 nitrogen and oxygen atoms in total. The second kappa shape index (κ2) is 9.89. The number of benzene rings is 3. The van der Waals surface area contributed by atoms with E-state index in [1.807, 2.05) is 54.6 Å². The maximum atomic E-state index is 13.0. The molecule has 0 heterocycles. The second-order valence-electron chi connectivity index (χ2n) is 6.91. The first-order valence-electron chi connectivity index (χ1n) is 9.48. The van der Waals surface area contributed by atoms with Crippen molar-refractivity contribution in [2.24, 2.45) is 0 Å². The number of nitrogens with one attached hydrogen (secondary N) is 1. The molecule has 0 radical (unpaired) electrons. The molecule has 0 saturated carbocycles. The van der Waals surface area contributed by atoms with Crippen LogP contribution in [-0.4, -0.2) is 19.5 Å². The van der Waals surface area contributed by atoms with Gasteiger partial charge < -0.3 is 5.11 Å². The SMILES string of the molecule is O=C(O)CCCc1ccc(C(NS(=O)(=O)c2cccc(Cl)c2)c2ccccc2)cc1. The molecule has 7 heteroatoms. The second-order valence-corrected chi connectivity index (χ2v) is 9.06. The third-order valence-corrected chi connectivity index (χ3v) is 6.34. The summed E-state index contributed by atoms with van der Waals surface area (Å²) in [4.78, 5) is 10.8. The van der Waals surface area contributed by atoms with E-state index in [2.05, 4.69) is 4.72 Å². The van der Waals surface area contributed by atoms with E-state index in [9.17, 15) is 13.2 Å².